The average Bonchev–Trinajstić information content (AvgIpc) is 2.55. The van der Waals surface area contributed by atoms with Gasteiger partial charge in [0.2, 0.25) is 0 Å². The number of hydrogen-bond donors (Lipinski definition) is 1. The number of benzene rings is 1. The van der Waals surface area contributed by atoms with Crippen LogP contribution in [-0.4, -0.2) is 44.3 Å². The summed E-state index contributed by atoms with van der Waals surface area (Å²) in [6.07, 6.45) is 0. The normalized spacial score (nSPS) is 17.8. The Kier molecular flexibility index (Phi) is 6.10. The molecular weight excluding hydrogens is 355 g/mol. The van der Waals surface area contributed by atoms with Crippen molar-refractivity contribution in [1.82, 2.24) is 10.2 Å². The molecule has 0 aliphatic carbocycles. The highest BCUT2D eigenvalue weighted by molar-refractivity contribution is 6.42. The highest BCUT2D eigenvalue weighted by atomic mass is 35.5. The maximum atomic E-state index is 12.5. The molecule has 24 heavy (non-hydrogen) atoms. The molecule has 2 rings (SSSR count). The molecule has 2 amide bonds. The third kappa shape index (κ3) is 3.83. The summed E-state index contributed by atoms with van der Waals surface area (Å²) in [5.41, 5.74) is 1.49. The molecule has 1 heterocycles. The van der Waals surface area contributed by atoms with Crippen molar-refractivity contribution in [3.63, 3.8) is 0 Å². The molecule has 8 heteroatoms. The lowest BCUT2D eigenvalue weighted by Gasteiger charge is -2.33. The molecule has 0 radical (unpaired) electrons. The van der Waals surface area contributed by atoms with Crippen molar-refractivity contribution in [2.24, 2.45) is 0 Å². The molecule has 0 aromatic heterocycles. The maximum absolute atomic E-state index is 12.5. The van der Waals surface area contributed by atoms with Crippen LogP contribution in [-0.2, 0) is 14.3 Å². The number of methoxy groups -OCH3 is 1. The van der Waals surface area contributed by atoms with Crippen LogP contribution in [0.25, 0.3) is 0 Å². The average molecular weight is 373 g/mol. The molecule has 0 saturated heterocycles. The van der Waals surface area contributed by atoms with Gasteiger partial charge in [-0.25, -0.2) is 9.59 Å². The fraction of sp³-hybridized carbons (Fsp3) is 0.375. The molecule has 6 nitrogen and oxygen atoms in total. The Morgan fingerprint density at radius 2 is 2.00 bits per heavy atom. The second kappa shape index (κ2) is 7.88. The van der Waals surface area contributed by atoms with E-state index in [9.17, 15) is 9.59 Å². The van der Waals surface area contributed by atoms with Gasteiger partial charge in [-0.15, -0.1) is 0 Å². The van der Waals surface area contributed by atoms with Gasteiger partial charge in [-0.3, -0.25) is 0 Å². The molecular formula is C16H18Cl2N2O4. The van der Waals surface area contributed by atoms with Crippen LogP contribution in [0.5, 0.6) is 0 Å². The van der Waals surface area contributed by atoms with Crippen LogP contribution in [0, 0.1) is 0 Å². The van der Waals surface area contributed by atoms with E-state index >= 15 is 0 Å². The number of halogens is 2. The zero-order valence-corrected chi connectivity index (χ0v) is 15.1. The van der Waals surface area contributed by atoms with Crippen LogP contribution in [0.4, 0.5) is 4.79 Å². The predicted molar refractivity (Wildman–Crippen MR) is 91.0 cm³/mol. The largest absolute Gasteiger partial charge is 0.460 e. The zero-order chi connectivity index (χ0) is 17.9. The van der Waals surface area contributed by atoms with E-state index in [-0.39, 0.29) is 19.2 Å². The quantitative estimate of drug-likeness (QED) is 0.636. The van der Waals surface area contributed by atoms with Crippen molar-refractivity contribution in [1.29, 1.82) is 0 Å². The molecule has 0 spiro atoms. The van der Waals surface area contributed by atoms with Crippen molar-refractivity contribution < 1.29 is 19.1 Å². The minimum absolute atomic E-state index is 0.123. The first kappa shape index (κ1) is 18.6. The van der Waals surface area contributed by atoms with E-state index in [4.69, 9.17) is 32.7 Å². The molecule has 130 valence electrons. The SMILES string of the molecule is COCCOC(=O)C1=C(C)N(C)C(=O)N[C@@H]1c1ccc(Cl)c(Cl)c1. The first-order valence-electron chi connectivity index (χ1n) is 7.22. The summed E-state index contributed by atoms with van der Waals surface area (Å²) in [7, 11) is 3.10. The third-order valence-corrected chi connectivity index (χ3v) is 4.51. The molecule has 0 bridgehead atoms. The molecule has 1 N–H and O–H groups in total. The summed E-state index contributed by atoms with van der Waals surface area (Å²) in [4.78, 5) is 26.0. The van der Waals surface area contributed by atoms with Crippen LogP contribution in [0.2, 0.25) is 10.0 Å². The number of amides is 2. The number of hydrogen-bond acceptors (Lipinski definition) is 4. The molecule has 1 aromatic carbocycles. The summed E-state index contributed by atoms with van der Waals surface area (Å²) in [5.74, 6) is -0.521. The molecule has 0 unspecified atom stereocenters. The number of allylic oxidation sites excluding steroid dienone is 1. The Labute approximate surface area is 150 Å². The van der Waals surface area contributed by atoms with E-state index in [1.54, 1.807) is 32.2 Å². The summed E-state index contributed by atoms with van der Waals surface area (Å²) >= 11 is 12.0. The second-order valence-electron chi connectivity index (χ2n) is 5.24. The molecule has 0 saturated carbocycles. The highest BCUT2D eigenvalue weighted by Crippen LogP contribution is 2.33. The topological polar surface area (TPSA) is 67.9 Å². The Bertz CT molecular complexity index is 691. The van der Waals surface area contributed by atoms with Gasteiger partial charge in [-0.05, 0) is 24.6 Å². The van der Waals surface area contributed by atoms with Crippen molar-refractivity contribution in [2.75, 3.05) is 27.4 Å². The van der Waals surface area contributed by atoms with Crippen LogP contribution in [0.15, 0.2) is 29.5 Å². The van der Waals surface area contributed by atoms with E-state index in [1.165, 1.54) is 12.0 Å². The van der Waals surface area contributed by atoms with Gasteiger partial charge < -0.3 is 19.7 Å². The number of ether oxygens (including phenoxy) is 2. The van der Waals surface area contributed by atoms with Crippen molar-refractivity contribution >= 4 is 35.2 Å². The smallest absolute Gasteiger partial charge is 0.338 e. The van der Waals surface area contributed by atoms with Crippen LogP contribution < -0.4 is 5.32 Å². The minimum Gasteiger partial charge on any atom is -0.460 e. The fourth-order valence-electron chi connectivity index (χ4n) is 2.34. The number of rotatable bonds is 5. The third-order valence-electron chi connectivity index (χ3n) is 3.77. The van der Waals surface area contributed by atoms with Gasteiger partial charge in [0.25, 0.3) is 0 Å². The second-order valence-corrected chi connectivity index (χ2v) is 6.06. The number of nitrogens with zero attached hydrogens (tertiary/aromatic N) is 1. The van der Waals surface area contributed by atoms with Gasteiger partial charge in [0.1, 0.15) is 6.61 Å². The first-order chi connectivity index (χ1) is 11.4. The van der Waals surface area contributed by atoms with Crippen LogP contribution >= 0.6 is 23.2 Å². The summed E-state index contributed by atoms with van der Waals surface area (Å²) in [6, 6.07) is 3.96. The first-order valence-corrected chi connectivity index (χ1v) is 7.98. The van der Waals surface area contributed by atoms with Crippen molar-refractivity contribution in [3.05, 3.63) is 45.1 Å². The molecule has 1 aromatic rings. The Hall–Kier alpha value is -1.76. The molecule has 1 atom stereocenters. The van der Waals surface area contributed by atoms with E-state index in [2.05, 4.69) is 5.32 Å². The Morgan fingerprint density at radius 3 is 2.62 bits per heavy atom. The van der Waals surface area contributed by atoms with E-state index in [0.717, 1.165) is 0 Å². The summed E-state index contributed by atoms with van der Waals surface area (Å²) in [6.45, 7) is 2.10. The van der Waals surface area contributed by atoms with Gasteiger partial charge in [-0.2, -0.15) is 0 Å². The van der Waals surface area contributed by atoms with Gasteiger partial charge >= 0.3 is 12.0 Å². The lowest BCUT2D eigenvalue weighted by Crippen LogP contribution is -2.46. The maximum Gasteiger partial charge on any atom is 0.338 e. The van der Waals surface area contributed by atoms with Crippen LogP contribution in [0.1, 0.15) is 18.5 Å². The molecule has 1 aliphatic heterocycles. The standard InChI is InChI=1S/C16H18Cl2N2O4/c1-9-13(15(21)24-7-6-23-3)14(19-16(22)20(9)2)10-4-5-11(17)12(18)8-10/h4-5,8,14H,6-7H2,1-3H3,(H,19,22)/t14-/m1/s1. The Morgan fingerprint density at radius 1 is 1.29 bits per heavy atom. The number of carbonyl (C=O) groups is 2. The number of urea groups is 1. The van der Waals surface area contributed by atoms with Crippen LogP contribution in [0.3, 0.4) is 0 Å². The lowest BCUT2D eigenvalue weighted by molar-refractivity contribution is -0.140. The summed E-state index contributed by atoms with van der Waals surface area (Å²) < 4.78 is 10.1. The lowest BCUT2D eigenvalue weighted by atomic mass is 9.95. The number of esters is 1. The van der Waals surface area contributed by atoms with Crippen molar-refractivity contribution in [3.8, 4) is 0 Å². The highest BCUT2D eigenvalue weighted by Gasteiger charge is 2.35. The molecule has 1 aliphatic rings. The molecule has 0 fully saturated rings. The number of carbonyl (C=O) groups excluding carboxylic acids is 2. The summed E-state index contributed by atoms with van der Waals surface area (Å²) in [5, 5.41) is 3.51. The van der Waals surface area contributed by atoms with Gasteiger partial charge in [0, 0.05) is 19.9 Å². The van der Waals surface area contributed by atoms with E-state index in [0.29, 0.717) is 26.9 Å². The zero-order valence-electron chi connectivity index (χ0n) is 13.6. The predicted octanol–water partition coefficient (Wildman–Crippen LogP) is 3.15. The van der Waals surface area contributed by atoms with E-state index < -0.39 is 12.0 Å². The monoisotopic (exact) mass is 372 g/mol. The van der Waals surface area contributed by atoms with Crippen molar-refractivity contribution in [2.45, 2.75) is 13.0 Å². The van der Waals surface area contributed by atoms with Gasteiger partial charge in [-0.1, -0.05) is 29.3 Å². The Balaban J connectivity index is 2.40. The van der Waals surface area contributed by atoms with Gasteiger partial charge in [0.05, 0.1) is 28.3 Å². The van der Waals surface area contributed by atoms with Gasteiger partial charge in [0.15, 0.2) is 0 Å². The fourth-order valence-corrected chi connectivity index (χ4v) is 2.64. The van der Waals surface area contributed by atoms with E-state index in [1.807, 2.05) is 0 Å². The number of nitrogens with one attached hydrogen (secondary N) is 1. The minimum atomic E-state index is -0.668.